The maximum absolute atomic E-state index is 14.1. The van der Waals surface area contributed by atoms with Gasteiger partial charge in [-0.05, 0) is 59.2 Å². The van der Waals surface area contributed by atoms with E-state index in [9.17, 15) is 14.4 Å². The van der Waals surface area contributed by atoms with Gasteiger partial charge in [0, 0.05) is 30.6 Å². The smallest absolute Gasteiger partial charge is 0.140 e. The van der Waals surface area contributed by atoms with E-state index in [2.05, 4.69) is 62.3 Å². The molecule has 0 aromatic carbocycles. The summed E-state index contributed by atoms with van der Waals surface area (Å²) in [5.74, 6) is -0.0174. The van der Waals surface area contributed by atoms with E-state index in [0.29, 0.717) is 18.3 Å². The molecule has 0 amide bonds. The van der Waals surface area contributed by atoms with Gasteiger partial charge in [-0.1, -0.05) is 68.7 Å². The second-order valence-electron chi connectivity index (χ2n) is 14.1. The lowest BCUT2D eigenvalue weighted by molar-refractivity contribution is -0.138. The summed E-state index contributed by atoms with van der Waals surface area (Å²) in [5, 5.41) is 0. The van der Waals surface area contributed by atoms with Crippen LogP contribution >= 0.6 is 0 Å². The van der Waals surface area contributed by atoms with Crippen LogP contribution in [0.1, 0.15) is 108 Å². The standard InChI is InChI=1S/C28H46O3/c1-17-22(18(2)29)20(16-28(17)26(9,10)27(28)12-11-13-27)23(31)21(25(6,7)8)14-19(30)15-24(3,4)5/h17,20-22H,11-16H2,1-10H3. The molecule has 2 spiro atoms. The summed E-state index contributed by atoms with van der Waals surface area (Å²) in [4.78, 5) is 39.9. The predicted molar refractivity (Wildman–Crippen MR) is 126 cm³/mol. The van der Waals surface area contributed by atoms with Gasteiger partial charge in [0.1, 0.15) is 17.3 Å². The largest absolute Gasteiger partial charge is 0.300 e. The second kappa shape index (κ2) is 7.26. The van der Waals surface area contributed by atoms with Crippen LogP contribution in [0.15, 0.2) is 0 Å². The summed E-state index contributed by atoms with van der Waals surface area (Å²) in [5.41, 5.74) is 0.247. The Kier molecular flexibility index (Phi) is 5.77. The van der Waals surface area contributed by atoms with Crippen molar-refractivity contribution in [2.45, 2.75) is 108 Å². The highest BCUT2D eigenvalue weighted by atomic mass is 16.1. The van der Waals surface area contributed by atoms with E-state index < -0.39 is 0 Å². The molecule has 176 valence electrons. The maximum atomic E-state index is 14.1. The van der Waals surface area contributed by atoms with Crippen LogP contribution in [0.2, 0.25) is 0 Å². The fraction of sp³-hybridized carbons (Fsp3) is 0.893. The molecule has 0 heterocycles. The average Bonchev–Trinajstić information content (AvgIpc) is 2.79. The van der Waals surface area contributed by atoms with Crippen molar-refractivity contribution in [2.75, 3.05) is 0 Å². The minimum atomic E-state index is -0.323. The van der Waals surface area contributed by atoms with E-state index in [1.165, 1.54) is 19.3 Å². The molecule has 0 aromatic heterocycles. The third-order valence-electron chi connectivity index (χ3n) is 9.98. The summed E-state index contributed by atoms with van der Waals surface area (Å²) in [7, 11) is 0. The maximum Gasteiger partial charge on any atom is 0.140 e. The summed E-state index contributed by atoms with van der Waals surface area (Å²) in [6.07, 6.45) is 5.38. The molecule has 5 unspecified atom stereocenters. The van der Waals surface area contributed by atoms with Crippen LogP contribution in [0.5, 0.6) is 0 Å². The minimum absolute atomic E-state index is 0.0783. The number of hydrogen-bond acceptors (Lipinski definition) is 3. The van der Waals surface area contributed by atoms with Gasteiger partial charge < -0.3 is 0 Å². The third kappa shape index (κ3) is 3.48. The van der Waals surface area contributed by atoms with E-state index in [0.717, 1.165) is 6.42 Å². The van der Waals surface area contributed by atoms with Crippen molar-refractivity contribution in [3.05, 3.63) is 0 Å². The van der Waals surface area contributed by atoms with E-state index in [1.807, 2.05) is 0 Å². The zero-order chi connectivity index (χ0) is 23.8. The third-order valence-corrected chi connectivity index (χ3v) is 9.98. The summed E-state index contributed by atoms with van der Waals surface area (Å²) >= 11 is 0. The van der Waals surface area contributed by atoms with Gasteiger partial charge in [-0.15, -0.1) is 0 Å². The Labute approximate surface area is 190 Å². The molecular formula is C28H46O3. The first-order valence-electron chi connectivity index (χ1n) is 12.5. The molecule has 0 aliphatic heterocycles. The SMILES string of the molecule is CC(=O)C1C(C(=O)C(CC(=O)CC(C)(C)C)C(C)(C)C)CC2(C1C)C(C)(C)C21CCC1. The molecule has 3 heteroatoms. The van der Waals surface area contributed by atoms with Crippen LogP contribution in [0, 0.1) is 50.7 Å². The lowest BCUT2D eigenvalue weighted by atomic mass is 9.69. The normalized spacial score (nSPS) is 34.5. The van der Waals surface area contributed by atoms with E-state index in [-0.39, 0.29) is 62.7 Å². The monoisotopic (exact) mass is 430 g/mol. The van der Waals surface area contributed by atoms with Crippen LogP contribution in [-0.4, -0.2) is 17.3 Å². The number of carbonyl (C=O) groups excluding carboxylic acids is 3. The van der Waals surface area contributed by atoms with Crippen LogP contribution < -0.4 is 0 Å². The Morgan fingerprint density at radius 2 is 1.55 bits per heavy atom. The topological polar surface area (TPSA) is 51.2 Å². The van der Waals surface area contributed by atoms with E-state index in [1.54, 1.807) is 6.92 Å². The Morgan fingerprint density at radius 1 is 1.00 bits per heavy atom. The molecule has 3 fully saturated rings. The first-order chi connectivity index (χ1) is 13.9. The molecule has 3 rings (SSSR count). The Morgan fingerprint density at radius 3 is 1.90 bits per heavy atom. The Bertz CT molecular complexity index is 771. The van der Waals surface area contributed by atoms with Gasteiger partial charge in [-0.25, -0.2) is 0 Å². The lowest BCUT2D eigenvalue weighted by Gasteiger charge is -2.34. The van der Waals surface area contributed by atoms with Crippen molar-refractivity contribution in [1.82, 2.24) is 0 Å². The zero-order valence-corrected chi connectivity index (χ0v) is 21.8. The second-order valence-corrected chi connectivity index (χ2v) is 14.1. The van der Waals surface area contributed by atoms with Crippen molar-refractivity contribution in [2.24, 2.45) is 50.7 Å². The Balaban J connectivity index is 1.92. The molecule has 5 atom stereocenters. The molecule has 3 saturated carbocycles. The van der Waals surface area contributed by atoms with Crippen molar-refractivity contribution in [3.8, 4) is 0 Å². The number of rotatable bonds is 6. The number of hydrogen-bond donors (Lipinski definition) is 0. The molecule has 3 aliphatic carbocycles. The van der Waals surface area contributed by atoms with Crippen molar-refractivity contribution < 1.29 is 14.4 Å². The number of Topliss-reactive ketones (excluding diaryl/α,β-unsaturated/α-hetero) is 3. The number of carbonyl (C=O) groups is 3. The molecule has 0 N–H and O–H groups in total. The minimum Gasteiger partial charge on any atom is -0.300 e. The molecule has 31 heavy (non-hydrogen) atoms. The molecule has 0 bridgehead atoms. The quantitative estimate of drug-likeness (QED) is 0.473. The fourth-order valence-corrected chi connectivity index (χ4v) is 8.46. The van der Waals surface area contributed by atoms with Crippen LogP contribution in [-0.2, 0) is 14.4 Å². The van der Waals surface area contributed by atoms with Gasteiger partial charge in [0.2, 0.25) is 0 Å². The average molecular weight is 431 g/mol. The fourth-order valence-electron chi connectivity index (χ4n) is 8.46. The summed E-state index contributed by atoms with van der Waals surface area (Å²) in [6.45, 7) is 21.1. The van der Waals surface area contributed by atoms with Gasteiger partial charge in [-0.2, -0.15) is 0 Å². The van der Waals surface area contributed by atoms with E-state index in [4.69, 9.17) is 0 Å². The summed E-state index contributed by atoms with van der Waals surface area (Å²) < 4.78 is 0. The van der Waals surface area contributed by atoms with Crippen LogP contribution in [0.25, 0.3) is 0 Å². The Hall–Kier alpha value is -0.990. The molecule has 0 radical (unpaired) electrons. The highest BCUT2D eigenvalue weighted by Crippen LogP contribution is 2.92. The predicted octanol–water partition coefficient (Wildman–Crippen LogP) is 6.67. The highest BCUT2D eigenvalue weighted by Gasteiger charge is 2.87. The number of fused-ring (bicyclic) bond motifs is 1. The molecule has 0 aromatic rings. The van der Waals surface area contributed by atoms with Crippen LogP contribution in [0.3, 0.4) is 0 Å². The van der Waals surface area contributed by atoms with Gasteiger partial charge >= 0.3 is 0 Å². The van der Waals surface area contributed by atoms with Gasteiger partial charge in [-0.3, -0.25) is 14.4 Å². The number of ketones is 3. The first-order valence-corrected chi connectivity index (χ1v) is 12.5. The van der Waals surface area contributed by atoms with Crippen LogP contribution in [0.4, 0.5) is 0 Å². The molecule has 3 nitrogen and oxygen atoms in total. The molecular weight excluding hydrogens is 384 g/mol. The van der Waals surface area contributed by atoms with Gasteiger partial charge in [0.15, 0.2) is 0 Å². The first kappa shape index (κ1) is 24.6. The van der Waals surface area contributed by atoms with Crippen molar-refractivity contribution in [3.63, 3.8) is 0 Å². The zero-order valence-electron chi connectivity index (χ0n) is 21.8. The molecule has 3 aliphatic rings. The lowest BCUT2D eigenvalue weighted by Crippen LogP contribution is -2.38. The van der Waals surface area contributed by atoms with Gasteiger partial charge in [0.25, 0.3) is 0 Å². The highest BCUT2D eigenvalue weighted by molar-refractivity contribution is 5.94. The molecule has 0 saturated heterocycles. The van der Waals surface area contributed by atoms with Crippen molar-refractivity contribution in [1.29, 1.82) is 0 Å². The van der Waals surface area contributed by atoms with Crippen molar-refractivity contribution >= 4 is 17.3 Å². The summed E-state index contributed by atoms with van der Waals surface area (Å²) in [6, 6.07) is 0. The van der Waals surface area contributed by atoms with Gasteiger partial charge in [0.05, 0.1) is 0 Å². The van der Waals surface area contributed by atoms with E-state index >= 15 is 0 Å².